The molecule has 0 fully saturated rings. The van der Waals surface area contributed by atoms with Gasteiger partial charge < -0.3 is 9.47 Å². The van der Waals surface area contributed by atoms with Gasteiger partial charge in [0.15, 0.2) is 0 Å². The minimum atomic E-state index is 0.542. The summed E-state index contributed by atoms with van der Waals surface area (Å²) in [6.07, 6.45) is 0. The van der Waals surface area contributed by atoms with Crippen LogP contribution in [0.4, 0.5) is 0 Å². The first-order chi connectivity index (χ1) is 6.27. The van der Waals surface area contributed by atoms with Crippen LogP contribution in [0.3, 0.4) is 0 Å². The zero-order valence-corrected chi connectivity index (χ0v) is 8.60. The van der Waals surface area contributed by atoms with Crippen molar-refractivity contribution in [1.29, 1.82) is 0 Å². The summed E-state index contributed by atoms with van der Waals surface area (Å²) in [6.45, 7) is 3.19. The lowest BCUT2D eigenvalue weighted by atomic mass is 10.2. The number of methoxy groups -OCH3 is 1. The third kappa shape index (κ3) is 2.90. The Morgan fingerprint density at radius 2 is 2.15 bits per heavy atom. The van der Waals surface area contributed by atoms with Crippen LogP contribution >= 0.6 is 11.6 Å². The lowest BCUT2D eigenvalue weighted by Gasteiger charge is -2.08. The normalized spacial score (nSPS) is 10.1. The number of hydrogen-bond acceptors (Lipinski definition) is 2. The first-order valence-electron chi connectivity index (χ1n) is 4.18. The number of halogens is 1. The van der Waals surface area contributed by atoms with Gasteiger partial charge in [-0.3, -0.25) is 0 Å². The summed E-state index contributed by atoms with van der Waals surface area (Å²) in [7, 11) is 1.64. The smallest absolute Gasteiger partial charge is 0.124 e. The molecule has 0 aliphatic carbocycles. The third-order valence-corrected chi connectivity index (χ3v) is 1.94. The second kappa shape index (κ2) is 5.10. The van der Waals surface area contributed by atoms with Gasteiger partial charge in [0.2, 0.25) is 0 Å². The van der Waals surface area contributed by atoms with E-state index in [0.29, 0.717) is 18.2 Å². The van der Waals surface area contributed by atoms with E-state index in [-0.39, 0.29) is 0 Å². The molecule has 0 aromatic heterocycles. The molecule has 0 bridgehead atoms. The molecule has 0 heterocycles. The van der Waals surface area contributed by atoms with Crippen LogP contribution in [0.15, 0.2) is 18.2 Å². The SMILES string of the molecule is CCOCc1cc(Cl)ccc1OC. The average Bonchev–Trinajstić information content (AvgIpc) is 2.15. The molecule has 0 saturated carbocycles. The van der Waals surface area contributed by atoms with Gasteiger partial charge >= 0.3 is 0 Å². The van der Waals surface area contributed by atoms with Crippen LogP contribution < -0.4 is 4.74 Å². The number of ether oxygens (including phenoxy) is 2. The van der Waals surface area contributed by atoms with Crippen molar-refractivity contribution in [3.05, 3.63) is 28.8 Å². The van der Waals surface area contributed by atoms with Crippen molar-refractivity contribution < 1.29 is 9.47 Å². The van der Waals surface area contributed by atoms with Gasteiger partial charge in [-0.25, -0.2) is 0 Å². The van der Waals surface area contributed by atoms with Gasteiger partial charge in [-0.05, 0) is 25.1 Å². The van der Waals surface area contributed by atoms with Crippen LogP contribution in [0.25, 0.3) is 0 Å². The Labute approximate surface area is 83.4 Å². The van der Waals surface area contributed by atoms with Gasteiger partial charge in [0, 0.05) is 17.2 Å². The highest BCUT2D eigenvalue weighted by molar-refractivity contribution is 6.30. The molecule has 0 aliphatic rings. The maximum Gasteiger partial charge on any atom is 0.124 e. The van der Waals surface area contributed by atoms with Crippen LogP contribution in [-0.2, 0) is 11.3 Å². The van der Waals surface area contributed by atoms with Gasteiger partial charge in [-0.15, -0.1) is 0 Å². The summed E-state index contributed by atoms with van der Waals surface area (Å²) in [6, 6.07) is 5.50. The highest BCUT2D eigenvalue weighted by atomic mass is 35.5. The van der Waals surface area contributed by atoms with Crippen molar-refractivity contribution in [3.8, 4) is 5.75 Å². The summed E-state index contributed by atoms with van der Waals surface area (Å²) < 4.78 is 10.4. The standard InChI is InChI=1S/C10H13ClO2/c1-3-13-7-8-6-9(11)4-5-10(8)12-2/h4-6H,3,7H2,1-2H3. The van der Waals surface area contributed by atoms with Crippen LogP contribution in [0.2, 0.25) is 5.02 Å². The van der Waals surface area contributed by atoms with Crippen molar-refractivity contribution in [2.45, 2.75) is 13.5 Å². The number of benzene rings is 1. The molecule has 1 aromatic carbocycles. The summed E-state index contributed by atoms with van der Waals surface area (Å²) in [5.41, 5.74) is 0.983. The van der Waals surface area contributed by atoms with Crippen molar-refractivity contribution >= 4 is 11.6 Å². The molecule has 0 aliphatic heterocycles. The van der Waals surface area contributed by atoms with Gasteiger partial charge in [0.05, 0.1) is 13.7 Å². The van der Waals surface area contributed by atoms with Crippen LogP contribution in [0.1, 0.15) is 12.5 Å². The minimum absolute atomic E-state index is 0.542. The van der Waals surface area contributed by atoms with Crippen LogP contribution in [0.5, 0.6) is 5.75 Å². The monoisotopic (exact) mass is 200 g/mol. The van der Waals surface area contributed by atoms with Crippen molar-refractivity contribution in [2.75, 3.05) is 13.7 Å². The molecule has 0 amide bonds. The topological polar surface area (TPSA) is 18.5 Å². The Morgan fingerprint density at radius 3 is 2.77 bits per heavy atom. The average molecular weight is 201 g/mol. The van der Waals surface area contributed by atoms with Crippen molar-refractivity contribution in [1.82, 2.24) is 0 Å². The Balaban J connectivity index is 2.81. The molecule has 13 heavy (non-hydrogen) atoms. The Morgan fingerprint density at radius 1 is 1.38 bits per heavy atom. The Kier molecular flexibility index (Phi) is 4.06. The quantitative estimate of drug-likeness (QED) is 0.744. The summed E-state index contributed by atoms with van der Waals surface area (Å²) in [5, 5.41) is 0.704. The zero-order valence-electron chi connectivity index (χ0n) is 7.84. The second-order valence-electron chi connectivity index (χ2n) is 2.59. The molecular formula is C10H13ClO2. The Bertz CT molecular complexity index is 274. The predicted octanol–water partition coefficient (Wildman–Crippen LogP) is 2.89. The van der Waals surface area contributed by atoms with E-state index in [4.69, 9.17) is 21.1 Å². The van der Waals surface area contributed by atoms with Crippen molar-refractivity contribution in [3.63, 3.8) is 0 Å². The highest BCUT2D eigenvalue weighted by Gasteiger charge is 2.02. The molecule has 0 spiro atoms. The maximum absolute atomic E-state index is 5.84. The summed E-state index contributed by atoms with van der Waals surface area (Å²) in [5.74, 6) is 0.817. The van der Waals surface area contributed by atoms with E-state index in [0.717, 1.165) is 11.3 Å². The Hall–Kier alpha value is -0.730. The van der Waals surface area contributed by atoms with Crippen LogP contribution in [0, 0.1) is 0 Å². The fourth-order valence-electron chi connectivity index (χ4n) is 1.07. The molecule has 1 aromatic rings. The lowest BCUT2D eigenvalue weighted by Crippen LogP contribution is -1.95. The largest absolute Gasteiger partial charge is 0.496 e. The third-order valence-electron chi connectivity index (χ3n) is 1.70. The number of hydrogen-bond donors (Lipinski definition) is 0. The molecule has 1 rings (SSSR count). The molecular weight excluding hydrogens is 188 g/mol. The molecule has 72 valence electrons. The first kappa shape index (κ1) is 10.4. The van der Waals surface area contributed by atoms with E-state index in [1.165, 1.54) is 0 Å². The maximum atomic E-state index is 5.84. The van der Waals surface area contributed by atoms with Crippen LogP contribution in [-0.4, -0.2) is 13.7 Å². The predicted molar refractivity (Wildman–Crippen MR) is 53.3 cm³/mol. The fraction of sp³-hybridized carbons (Fsp3) is 0.400. The first-order valence-corrected chi connectivity index (χ1v) is 4.56. The second-order valence-corrected chi connectivity index (χ2v) is 3.03. The molecule has 2 nitrogen and oxygen atoms in total. The fourth-order valence-corrected chi connectivity index (χ4v) is 1.27. The number of rotatable bonds is 4. The highest BCUT2D eigenvalue weighted by Crippen LogP contribution is 2.23. The molecule has 0 radical (unpaired) electrons. The van der Waals surface area contributed by atoms with E-state index in [1.54, 1.807) is 13.2 Å². The summed E-state index contributed by atoms with van der Waals surface area (Å²) in [4.78, 5) is 0. The molecule has 3 heteroatoms. The van der Waals surface area contributed by atoms with E-state index in [2.05, 4.69) is 0 Å². The molecule has 0 atom stereocenters. The van der Waals surface area contributed by atoms with Crippen molar-refractivity contribution in [2.24, 2.45) is 0 Å². The molecule has 0 N–H and O–H groups in total. The van der Waals surface area contributed by atoms with E-state index in [9.17, 15) is 0 Å². The van der Waals surface area contributed by atoms with Gasteiger partial charge in [-0.2, -0.15) is 0 Å². The van der Waals surface area contributed by atoms with Gasteiger partial charge in [-0.1, -0.05) is 11.6 Å². The molecule has 0 unspecified atom stereocenters. The summed E-state index contributed by atoms with van der Waals surface area (Å²) >= 11 is 5.84. The van der Waals surface area contributed by atoms with Gasteiger partial charge in [0.25, 0.3) is 0 Å². The molecule has 0 saturated heterocycles. The van der Waals surface area contributed by atoms with Gasteiger partial charge in [0.1, 0.15) is 5.75 Å². The van der Waals surface area contributed by atoms with E-state index >= 15 is 0 Å². The van der Waals surface area contributed by atoms with E-state index in [1.807, 2.05) is 19.1 Å². The lowest BCUT2D eigenvalue weighted by molar-refractivity contribution is 0.132. The minimum Gasteiger partial charge on any atom is -0.496 e. The zero-order chi connectivity index (χ0) is 9.68. The van der Waals surface area contributed by atoms with E-state index < -0.39 is 0 Å².